The van der Waals surface area contributed by atoms with Crippen molar-refractivity contribution < 1.29 is 9.59 Å². The zero-order valence-corrected chi connectivity index (χ0v) is 15.7. The van der Waals surface area contributed by atoms with Gasteiger partial charge >= 0.3 is 0 Å². The van der Waals surface area contributed by atoms with Crippen LogP contribution >= 0.6 is 11.3 Å². The smallest absolute Gasteiger partial charge is 0.267 e. The second kappa shape index (κ2) is 7.35. The predicted octanol–water partition coefficient (Wildman–Crippen LogP) is 4.21. The molecule has 1 aromatic heterocycles. The van der Waals surface area contributed by atoms with Gasteiger partial charge in [-0.25, -0.2) is 4.98 Å². The molecule has 0 unspecified atom stereocenters. The number of nitrogens with one attached hydrogen (secondary N) is 1. The molecule has 0 atom stereocenters. The Hall–Kier alpha value is -2.21. The Morgan fingerprint density at radius 2 is 2.12 bits per heavy atom. The maximum atomic E-state index is 12.9. The second-order valence-electron chi connectivity index (χ2n) is 6.48. The number of aromatic nitrogens is 1. The van der Waals surface area contributed by atoms with Crippen LogP contribution in [0.5, 0.6) is 0 Å². The van der Waals surface area contributed by atoms with E-state index in [-0.39, 0.29) is 17.7 Å². The number of para-hydroxylation sites is 1. The lowest BCUT2D eigenvalue weighted by molar-refractivity contribution is -0.117. The van der Waals surface area contributed by atoms with Crippen molar-refractivity contribution in [3.8, 4) is 0 Å². The highest BCUT2D eigenvalue weighted by atomic mass is 32.1. The summed E-state index contributed by atoms with van der Waals surface area (Å²) in [6.07, 6.45) is 2.26. The van der Waals surface area contributed by atoms with Gasteiger partial charge in [0.2, 0.25) is 5.91 Å². The lowest BCUT2D eigenvalue weighted by atomic mass is 10.1. The summed E-state index contributed by atoms with van der Waals surface area (Å²) < 4.78 is 0. The van der Waals surface area contributed by atoms with Crippen molar-refractivity contribution in [3.63, 3.8) is 0 Å². The highest BCUT2D eigenvalue weighted by molar-refractivity contribution is 7.18. The number of aryl methyl sites for hydroxylation is 1. The summed E-state index contributed by atoms with van der Waals surface area (Å²) in [7, 11) is 0. The van der Waals surface area contributed by atoms with Gasteiger partial charge in [-0.15, -0.1) is 0 Å². The summed E-state index contributed by atoms with van der Waals surface area (Å²) >= 11 is 1.31. The molecule has 1 aliphatic heterocycles. The molecule has 3 rings (SSSR count). The molecule has 6 heteroatoms. The molecule has 1 aromatic carbocycles. The third kappa shape index (κ3) is 3.58. The molecule has 0 spiro atoms. The minimum atomic E-state index is -0.153. The maximum Gasteiger partial charge on any atom is 0.267 e. The zero-order chi connectivity index (χ0) is 18.0. The van der Waals surface area contributed by atoms with Crippen molar-refractivity contribution >= 4 is 34.0 Å². The Morgan fingerprint density at radius 3 is 2.76 bits per heavy atom. The molecule has 0 saturated carbocycles. The average Bonchev–Trinajstić information content (AvgIpc) is 3.21. The van der Waals surface area contributed by atoms with Gasteiger partial charge in [-0.1, -0.05) is 50.3 Å². The number of carbonyl (C=O) groups excluding carboxylic acids is 2. The fourth-order valence-corrected chi connectivity index (χ4v) is 4.13. The van der Waals surface area contributed by atoms with E-state index in [9.17, 15) is 9.59 Å². The Kier molecular flexibility index (Phi) is 5.18. The number of anilines is 2. The summed E-state index contributed by atoms with van der Waals surface area (Å²) in [5.74, 6) is 0.0530. The standard InChI is InChI=1S/C19H23N3O2S/c1-4-13-8-5-6-9-14(13)20-18(24)17-16(12(2)3)21-19(25-17)22-11-7-10-15(22)23/h5-6,8-9,12H,4,7,10-11H2,1-3H3,(H,20,24). The highest BCUT2D eigenvalue weighted by Gasteiger charge is 2.28. The summed E-state index contributed by atoms with van der Waals surface area (Å²) in [5.41, 5.74) is 2.68. The fourth-order valence-electron chi connectivity index (χ4n) is 2.97. The average molecular weight is 357 g/mol. The van der Waals surface area contributed by atoms with Crippen LogP contribution in [0.4, 0.5) is 10.8 Å². The first-order valence-corrected chi connectivity index (χ1v) is 9.53. The Bertz CT molecular complexity index is 798. The first-order chi connectivity index (χ1) is 12.0. The molecule has 1 aliphatic rings. The summed E-state index contributed by atoms with van der Waals surface area (Å²) in [5, 5.41) is 3.66. The van der Waals surface area contributed by atoms with Crippen LogP contribution in [0, 0.1) is 0 Å². The molecular weight excluding hydrogens is 334 g/mol. The monoisotopic (exact) mass is 357 g/mol. The van der Waals surface area contributed by atoms with Gasteiger partial charge in [-0.3, -0.25) is 14.5 Å². The van der Waals surface area contributed by atoms with Crippen molar-refractivity contribution in [2.45, 2.75) is 46.0 Å². The van der Waals surface area contributed by atoms with Crippen molar-refractivity contribution in [1.29, 1.82) is 0 Å². The van der Waals surface area contributed by atoms with Crippen LogP contribution in [-0.4, -0.2) is 23.3 Å². The van der Waals surface area contributed by atoms with E-state index in [0.29, 0.717) is 23.0 Å². The highest BCUT2D eigenvalue weighted by Crippen LogP contribution is 2.33. The Morgan fingerprint density at radius 1 is 1.36 bits per heavy atom. The van der Waals surface area contributed by atoms with Crippen LogP contribution in [0.15, 0.2) is 24.3 Å². The van der Waals surface area contributed by atoms with E-state index in [4.69, 9.17) is 0 Å². The molecule has 25 heavy (non-hydrogen) atoms. The molecular formula is C19H23N3O2S. The number of hydrogen-bond acceptors (Lipinski definition) is 4. The predicted molar refractivity (Wildman–Crippen MR) is 102 cm³/mol. The fraction of sp³-hybridized carbons (Fsp3) is 0.421. The number of nitrogens with zero attached hydrogens (tertiary/aromatic N) is 2. The first kappa shape index (κ1) is 17.6. The van der Waals surface area contributed by atoms with Gasteiger partial charge in [-0.2, -0.15) is 0 Å². The number of carbonyl (C=O) groups is 2. The van der Waals surface area contributed by atoms with E-state index in [1.165, 1.54) is 11.3 Å². The van der Waals surface area contributed by atoms with Crippen LogP contribution < -0.4 is 10.2 Å². The second-order valence-corrected chi connectivity index (χ2v) is 7.46. The SMILES string of the molecule is CCc1ccccc1NC(=O)c1sc(N2CCCC2=O)nc1C(C)C. The molecule has 2 heterocycles. The molecule has 0 aliphatic carbocycles. The van der Waals surface area contributed by atoms with Crippen molar-refractivity contribution in [1.82, 2.24) is 4.98 Å². The molecule has 1 fully saturated rings. The Balaban J connectivity index is 1.91. The van der Waals surface area contributed by atoms with Crippen LogP contribution in [-0.2, 0) is 11.2 Å². The van der Waals surface area contributed by atoms with E-state index in [0.717, 1.165) is 29.8 Å². The largest absolute Gasteiger partial charge is 0.321 e. The van der Waals surface area contributed by atoms with Gasteiger partial charge in [0.25, 0.3) is 5.91 Å². The maximum absolute atomic E-state index is 12.9. The normalized spacial score (nSPS) is 14.4. The molecule has 1 saturated heterocycles. The minimum absolute atomic E-state index is 0.0901. The first-order valence-electron chi connectivity index (χ1n) is 8.71. The Labute approximate surface area is 152 Å². The number of amides is 2. The lowest BCUT2D eigenvalue weighted by Gasteiger charge is -2.10. The number of thiazole rings is 1. The minimum Gasteiger partial charge on any atom is -0.321 e. The van der Waals surface area contributed by atoms with Gasteiger partial charge < -0.3 is 5.32 Å². The quantitative estimate of drug-likeness (QED) is 0.872. The van der Waals surface area contributed by atoms with E-state index >= 15 is 0 Å². The summed E-state index contributed by atoms with van der Waals surface area (Å²) in [6, 6.07) is 7.81. The van der Waals surface area contributed by atoms with Crippen LogP contribution in [0.2, 0.25) is 0 Å². The van der Waals surface area contributed by atoms with E-state index < -0.39 is 0 Å². The topological polar surface area (TPSA) is 62.3 Å². The molecule has 1 N–H and O–H groups in total. The van der Waals surface area contributed by atoms with Crippen molar-refractivity contribution in [2.24, 2.45) is 0 Å². The number of hydrogen-bond donors (Lipinski definition) is 1. The van der Waals surface area contributed by atoms with Gasteiger partial charge in [0.05, 0.1) is 5.69 Å². The molecule has 0 bridgehead atoms. The van der Waals surface area contributed by atoms with Gasteiger partial charge in [0.1, 0.15) is 4.88 Å². The third-order valence-electron chi connectivity index (χ3n) is 4.35. The van der Waals surface area contributed by atoms with Gasteiger partial charge in [0.15, 0.2) is 5.13 Å². The van der Waals surface area contributed by atoms with Gasteiger partial charge in [0, 0.05) is 18.7 Å². The zero-order valence-electron chi connectivity index (χ0n) is 14.8. The molecule has 0 radical (unpaired) electrons. The van der Waals surface area contributed by atoms with E-state index in [1.807, 2.05) is 38.1 Å². The van der Waals surface area contributed by atoms with Crippen molar-refractivity contribution in [3.05, 3.63) is 40.4 Å². The van der Waals surface area contributed by atoms with Crippen LogP contribution in [0.1, 0.15) is 60.5 Å². The van der Waals surface area contributed by atoms with Crippen LogP contribution in [0.25, 0.3) is 0 Å². The lowest BCUT2D eigenvalue weighted by Crippen LogP contribution is -2.23. The summed E-state index contributed by atoms with van der Waals surface area (Å²) in [4.78, 5) is 31.8. The molecule has 2 aromatic rings. The molecule has 132 valence electrons. The van der Waals surface area contributed by atoms with E-state index in [2.05, 4.69) is 17.2 Å². The van der Waals surface area contributed by atoms with Crippen molar-refractivity contribution in [2.75, 3.05) is 16.8 Å². The molecule has 5 nitrogen and oxygen atoms in total. The van der Waals surface area contributed by atoms with Crippen LogP contribution in [0.3, 0.4) is 0 Å². The van der Waals surface area contributed by atoms with E-state index in [1.54, 1.807) is 4.90 Å². The number of rotatable bonds is 5. The third-order valence-corrected chi connectivity index (χ3v) is 5.44. The summed E-state index contributed by atoms with van der Waals surface area (Å²) in [6.45, 7) is 6.78. The van der Waals surface area contributed by atoms with Gasteiger partial charge in [-0.05, 0) is 30.4 Å². The number of benzene rings is 1. The molecule has 2 amide bonds.